The van der Waals surface area contributed by atoms with Crippen LogP contribution in [0.3, 0.4) is 0 Å². The van der Waals surface area contributed by atoms with Crippen LogP contribution in [0.5, 0.6) is 5.75 Å². The van der Waals surface area contributed by atoms with Gasteiger partial charge in [0.25, 0.3) is 0 Å². The van der Waals surface area contributed by atoms with Crippen LogP contribution in [0.15, 0.2) is 28.7 Å². The van der Waals surface area contributed by atoms with Crippen LogP contribution in [0, 0.1) is 5.92 Å². The molecule has 1 aromatic carbocycles. The number of rotatable bonds is 5. The quantitative estimate of drug-likeness (QED) is 0.747. The van der Waals surface area contributed by atoms with E-state index in [1.54, 1.807) is 6.07 Å². The van der Waals surface area contributed by atoms with Gasteiger partial charge in [0.05, 0.1) is 6.61 Å². The minimum atomic E-state index is -0.0643. The monoisotopic (exact) mass is 246 g/mol. The lowest BCUT2D eigenvalue weighted by Crippen LogP contribution is -2.05. The third-order valence-corrected chi connectivity index (χ3v) is 2.74. The minimum absolute atomic E-state index is 0.0210. The molecule has 0 aliphatic heterocycles. The van der Waals surface area contributed by atoms with Gasteiger partial charge >= 0.3 is 0 Å². The first-order valence-corrected chi connectivity index (χ1v) is 6.33. The number of hydrogen-bond donors (Lipinski definition) is 0. The summed E-state index contributed by atoms with van der Waals surface area (Å²) in [6.45, 7) is 6.43. The van der Waals surface area contributed by atoms with Crippen LogP contribution in [-0.4, -0.2) is 12.4 Å². The van der Waals surface area contributed by atoms with E-state index in [0.717, 1.165) is 11.8 Å². The van der Waals surface area contributed by atoms with Gasteiger partial charge in [-0.05, 0) is 18.6 Å². The number of ketones is 1. The average Bonchev–Trinajstić information content (AvgIpc) is 2.79. The number of carbonyl (C=O) groups is 1. The zero-order valence-corrected chi connectivity index (χ0v) is 11.0. The van der Waals surface area contributed by atoms with Crippen molar-refractivity contribution in [2.24, 2.45) is 5.92 Å². The summed E-state index contributed by atoms with van der Waals surface area (Å²) in [6.07, 6.45) is 0.939. The van der Waals surface area contributed by atoms with E-state index in [9.17, 15) is 4.79 Å². The van der Waals surface area contributed by atoms with Gasteiger partial charge in [-0.1, -0.05) is 32.9 Å². The summed E-state index contributed by atoms with van der Waals surface area (Å²) in [5.41, 5.74) is 0.662. The van der Waals surface area contributed by atoms with Gasteiger partial charge in [-0.25, -0.2) is 0 Å². The number of hydrogen-bond acceptors (Lipinski definition) is 3. The zero-order chi connectivity index (χ0) is 13.1. The van der Waals surface area contributed by atoms with Crippen LogP contribution in [0.1, 0.15) is 37.7 Å². The molecule has 0 fully saturated rings. The van der Waals surface area contributed by atoms with E-state index in [0.29, 0.717) is 23.7 Å². The predicted octanol–water partition coefficient (Wildman–Crippen LogP) is 4.06. The molecule has 0 saturated carbocycles. The van der Waals surface area contributed by atoms with Gasteiger partial charge in [0.15, 0.2) is 17.1 Å². The van der Waals surface area contributed by atoms with Crippen LogP contribution in [-0.2, 0) is 0 Å². The van der Waals surface area contributed by atoms with Gasteiger partial charge in [-0.2, -0.15) is 0 Å². The lowest BCUT2D eigenvalue weighted by molar-refractivity contribution is 0.0913. The van der Waals surface area contributed by atoms with Crippen LogP contribution < -0.4 is 4.74 Å². The predicted molar refractivity (Wildman–Crippen MR) is 71.2 cm³/mol. The summed E-state index contributed by atoms with van der Waals surface area (Å²) in [5.74, 6) is 1.07. The molecule has 0 saturated heterocycles. The molecule has 1 heterocycles. The van der Waals surface area contributed by atoms with E-state index in [4.69, 9.17) is 9.15 Å². The summed E-state index contributed by atoms with van der Waals surface area (Å²) in [4.78, 5) is 11.9. The number of fused-ring (bicyclic) bond motifs is 1. The van der Waals surface area contributed by atoms with Gasteiger partial charge in [0.1, 0.15) is 0 Å². The summed E-state index contributed by atoms with van der Waals surface area (Å²) in [6, 6.07) is 7.49. The first-order valence-electron chi connectivity index (χ1n) is 6.33. The van der Waals surface area contributed by atoms with Crippen molar-refractivity contribution in [2.45, 2.75) is 27.2 Å². The second-order valence-corrected chi connectivity index (χ2v) is 4.65. The molecule has 0 N–H and O–H groups in total. The number of benzene rings is 1. The smallest absolute Gasteiger partial charge is 0.200 e. The molecule has 0 atom stereocenters. The van der Waals surface area contributed by atoms with Crippen molar-refractivity contribution in [2.75, 3.05) is 6.61 Å². The van der Waals surface area contributed by atoms with E-state index >= 15 is 0 Å². The number of ether oxygens (including phenoxy) is 1. The zero-order valence-electron chi connectivity index (χ0n) is 11.0. The van der Waals surface area contributed by atoms with Crippen LogP contribution >= 0.6 is 0 Å². The van der Waals surface area contributed by atoms with Crippen LogP contribution in [0.4, 0.5) is 0 Å². The molecule has 3 heteroatoms. The molecule has 96 valence electrons. The number of para-hydroxylation sites is 1. The molecule has 0 amide bonds. The second kappa shape index (κ2) is 5.25. The fourth-order valence-electron chi connectivity index (χ4n) is 1.77. The molecule has 3 nitrogen and oxygen atoms in total. The van der Waals surface area contributed by atoms with E-state index in [-0.39, 0.29) is 11.7 Å². The van der Waals surface area contributed by atoms with Crippen molar-refractivity contribution in [1.29, 1.82) is 0 Å². The molecule has 0 aliphatic rings. The molecule has 0 unspecified atom stereocenters. The molecule has 0 radical (unpaired) electrons. The molecule has 0 bridgehead atoms. The first-order chi connectivity index (χ1) is 8.63. The Kier molecular flexibility index (Phi) is 3.70. The van der Waals surface area contributed by atoms with Crippen molar-refractivity contribution >= 4 is 16.8 Å². The molecule has 0 aliphatic carbocycles. The highest BCUT2D eigenvalue weighted by molar-refractivity contribution is 5.99. The van der Waals surface area contributed by atoms with E-state index in [1.165, 1.54) is 0 Å². The van der Waals surface area contributed by atoms with Crippen molar-refractivity contribution in [1.82, 2.24) is 0 Å². The highest BCUT2D eigenvalue weighted by atomic mass is 16.5. The Morgan fingerprint density at radius 1 is 1.39 bits per heavy atom. The summed E-state index contributed by atoms with van der Waals surface area (Å²) < 4.78 is 11.3. The number of furan rings is 1. The maximum absolute atomic E-state index is 11.9. The van der Waals surface area contributed by atoms with E-state index < -0.39 is 0 Å². The normalized spacial score (nSPS) is 11.1. The third kappa shape index (κ3) is 2.40. The largest absolute Gasteiger partial charge is 0.490 e. The van der Waals surface area contributed by atoms with Crippen molar-refractivity contribution in [3.8, 4) is 5.75 Å². The summed E-state index contributed by atoms with van der Waals surface area (Å²) in [7, 11) is 0. The van der Waals surface area contributed by atoms with Gasteiger partial charge in [0, 0.05) is 11.3 Å². The Labute approximate surface area is 107 Å². The number of carbonyl (C=O) groups excluding carboxylic acids is 1. The molecule has 18 heavy (non-hydrogen) atoms. The Morgan fingerprint density at radius 3 is 2.83 bits per heavy atom. The third-order valence-electron chi connectivity index (χ3n) is 2.74. The SMILES string of the molecule is CCCOc1cccc2cc(C(=O)C(C)C)oc12. The molecular formula is C15H18O3. The van der Waals surface area contributed by atoms with Gasteiger partial charge in [-0.3, -0.25) is 4.79 Å². The molecule has 2 rings (SSSR count). The van der Waals surface area contributed by atoms with Gasteiger partial charge in [-0.15, -0.1) is 0 Å². The maximum atomic E-state index is 11.9. The van der Waals surface area contributed by atoms with Crippen LogP contribution in [0.2, 0.25) is 0 Å². The summed E-state index contributed by atoms with van der Waals surface area (Å²) in [5, 5.41) is 0.910. The molecule has 0 spiro atoms. The average molecular weight is 246 g/mol. The fourth-order valence-corrected chi connectivity index (χ4v) is 1.77. The van der Waals surface area contributed by atoms with E-state index in [2.05, 4.69) is 6.92 Å². The van der Waals surface area contributed by atoms with Crippen LogP contribution in [0.25, 0.3) is 11.0 Å². The second-order valence-electron chi connectivity index (χ2n) is 4.65. The minimum Gasteiger partial charge on any atom is -0.490 e. The molecule has 2 aromatic rings. The topological polar surface area (TPSA) is 39.4 Å². The summed E-state index contributed by atoms with van der Waals surface area (Å²) >= 11 is 0. The highest BCUT2D eigenvalue weighted by Gasteiger charge is 2.17. The standard InChI is InChI=1S/C15H18O3/c1-4-8-17-12-7-5-6-11-9-13(18-15(11)12)14(16)10(2)3/h5-7,9-10H,4,8H2,1-3H3. The Morgan fingerprint density at radius 2 is 2.17 bits per heavy atom. The highest BCUT2D eigenvalue weighted by Crippen LogP contribution is 2.29. The number of Topliss-reactive ketones (excluding diaryl/α,β-unsaturated/α-hetero) is 1. The Hall–Kier alpha value is -1.77. The first kappa shape index (κ1) is 12.7. The van der Waals surface area contributed by atoms with Crippen molar-refractivity contribution in [3.05, 3.63) is 30.0 Å². The Bertz CT molecular complexity index is 552. The fraction of sp³-hybridized carbons (Fsp3) is 0.400. The van der Waals surface area contributed by atoms with Crippen molar-refractivity contribution in [3.63, 3.8) is 0 Å². The van der Waals surface area contributed by atoms with Crippen molar-refractivity contribution < 1.29 is 13.9 Å². The maximum Gasteiger partial charge on any atom is 0.200 e. The molecular weight excluding hydrogens is 228 g/mol. The molecule has 1 aromatic heterocycles. The van der Waals surface area contributed by atoms with Gasteiger partial charge in [0.2, 0.25) is 5.78 Å². The lowest BCUT2D eigenvalue weighted by atomic mass is 10.1. The Balaban J connectivity index is 2.41. The van der Waals surface area contributed by atoms with E-state index in [1.807, 2.05) is 32.0 Å². The van der Waals surface area contributed by atoms with Gasteiger partial charge < -0.3 is 9.15 Å². The lowest BCUT2D eigenvalue weighted by Gasteiger charge is -2.04.